The van der Waals surface area contributed by atoms with Crippen LogP contribution in [-0.4, -0.2) is 48.2 Å². The first-order valence-corrected chi connectivity index (χ1v) is 11.2. The summed E-state index contributed by atoms with van der Waals surface area (Å²) in [4.78, 5) is 23.0. The molecule has 1 fully saturated rings. The topological polar surface area (TPSA) is 36.4 Å². The Morgan fingerprint density at radius 1 is 1.12 bits per heavy atom. The molecule has 26 heavy (non-hydrogen) atoms. The van der Waals surface area contributed by atoms with Gasteiger partial charge >= 0.3 is 0 Å². The number of piperazine rings is 1. The molecule has 1 aromatic heterocycles. The predicted molar refractivity (Wildman–Crippen MR) is 114 cm³/mol. The number of hydrogen-bond acceptors (Lipinski definition) is 5. The number of aromatic nitrogens is 1. The Morgan fingerprint density at radius 3 is 2.54 bits per heavy atom. The number of thioether (sulfide) groups is 1. The van der Waals surface area contributed by atoms with E-state index in [2.05, 4.69) is 45.3 Å². The van der Waals surface area contributed by atoms with Crippen LogP contribution in [-0.2, 0) is 0 Å². The highest BCUT2D eigenvalue weighted by atomic mass is 79.9. The fourth-order valence-corrected chi connectivity index (χ4v) is 5.02. The van der Waals surface area contributed by atoms with Gasteiger partial charge in [-0.1, -0.05) is 33.3 Å². The fourth-order valence-electron chi connectivity index (χ4n) is 3.09. The van der Waals surface area contributed by atoms with Gasteiger partial charge in [0.25, 0.3) is 5.91 Å². The molecule has 1 saturated heterocycles. The summed E-state index contributed by atoms with van der Waals surface area (Å²) < 4.78 is 2.21. The minimum absolute atomic E-state index is 0.103. The van der Waals surface area contributed by atoms with Crippen LogP contribution in [0.4, 0.5) is 5.13 Å². The number of benzene rings is 2. The number of anilines is 1. The number of carbonyl (C=O) groups excluding carboxylic acids is 1. The molecule has 1 amide bonds. The van der Waals surface area contributed by atoms with Crippen molar-refractivity contribution in [3.05, 3.63) is 52.5 Å². The molecule has 2 heterocycles. The highest BCUT2D eigenvalue weighted by Crippen LogP contribution is 2.34. The lowest BCUT2D eigenvalue weighted by Gasteiger charge is -2.34. The maximum absolute atomic E-state index is 12.7. The Kier molecular flexibility index (Phi) is 5.20. The summed E-state index contributed by atoms with van der Waals surface area (Å²) >= 11 is 6.87. The highest BCUT2D eigenvalue weighted by Gasteiger charge is 2.24. The zero-order chi connectivity index (χ0) is 18.1. The van der Waals surface area contributed by atoms with Crippen molar-refractivity contribution in [3.63, 3.8) is 0 Å². The number of nitrogens with zero attached hydrogens (tertiary/aromatic N) is 3. The Labute approximate surface area is 169 Å². The van der Waals surface area contributed by atoms with Crippen molar-refractivity contribution in [2.24, 2.45) is 0 Å². The van der Waals surface area contributed by atoms with Crippen molar-refractivity contribution >= 4 is 60.3 Å². The summed E-state index contributed by atoms with van der Waals surface area (Å²) in [6.07, 6.45) is 2.08. The molecule has 0 saturated carbocycles. The first-order chi connectivity index (χ1) is 12.7. The third kappa shape index (κ3) is 3.48. The molecule has 134 valence electrons. The fraction of sp³-hybridized carbons (Fsp3) is 0.263. The van der Waals surface area contributed by atoms with E-state index in [1.165, 1.54) is 9.60 Å². The van der Waals surface area contributed by atoms with E-state index in [0.29, 0.717) is 0 Å². The maximum atomic E-state index is 12.7. The zero-order valence-corrected chi connectivity index (χ0v) is 17.5. The van der Waals surface area contributed by atoms with E-state index in [0.717, 1.165) is 46.9 Å². The molecular formula is C19H18BrN3OS2. The van der Waals surface area contributed by atoms with Gasteiger partial charge in [0.05, 0.1) is 10.2 Å². The van der Waals surface area contributed by atoms with E-state index in [4.69, 9.17) is 4.98 Å². The monoisotopic (exact) mass is 447 g/mol. The summed E-state index contributed by atoms with van der Waals surface area (Å²) in [6, 6.07) is 13.9. The second-order valence-corrected chi connectivity index (χ2v) is 8.86. The normalized spacial score (nSPS) is 14.8. The summed E-state index contributed by atoms with van der Waals surface area (Å²) in [5.74, 6) is 0.103. The lowest BCUT2D eigenvalue weighted by atomic mass is 10.2. The molecule has 7 heteroatoms. The predicted octanol–water partition coefficient (Wildman–Crippen LogP) is 4.74. The molecule has 0 radical (unpaired) electrons. The molecule has 1 aliphatic heterocycles. The quantitative estimate of drug-likeness (QED) is 0.543. The van der Waals surface area contributed by atoms with Crippen LogP contribution < -0.4 is 4.90 Å². The Bertz CT molecular complexity index is 934. The minimum Gasteiger partial charge on any atom is -0.345 e. The van der Waals surface area contributed by atoms with Gasteiger partial charge in [-0.05, 0) is 42.7 Å². The van der Waals surface area contributed by atoms with Crippen LogP contribution in [0.25, 0.3) is 10.2 Å². The maximum Gasteiger partial charge on any atom is 0.253 e. The Balaban J connectivity index is 1.46. The molecule has 2 aromatic carbocycles. The summed E-state index contributed by atoms with van der Waals surface area (Å²) in [6.45, 7) is 3.08. The van der Waals surface area contributed by atoms with Gasteiger partial charge < -0.3 is 9.80 Å². The largest absolute Gasteiger partial charge is 0.345 e. The van der Waals surface area contributed by atoms with Crippen LogP contribution >= 0.6 is 39.0 Å². The van der Waals surface area contributed by atoms with Crippen LogP contribution in [0.1, 0.15) is 10.4 Å². The van der Waals surface area contributed by atoms with Crippen molar-refractivity contribution in [1.82, 2.24) is 9.88 Å². The number of amides is 1. The van der Waals surface area contributed by atoms with Gasteiger partial charge in [-0.3, -0.25) is 4.79 Å². The van der Waals surface area contributed by atoms with Gasteiger partial charge in [0, 0.05) is 41.1 Å². The van der Waals surface area contributed by atoms with Crippen molar-refractivity contribution in [2.75, 3.05) is 37.3 Å². The Hall–Kier alpha value is -1.57. The lowest BCUT2D eigenvalue weighted by Crippen LogP contribution is -2.48. The molecule has 4 rings (SSSR count). The molecule has 0 aliphatic carbocycles. The average molecular weight is 448 g/mol. The van der Waals surface area contributed by atoms with Crippen LogP contribution in [0.2, 0.25) is 0 Å². The van der Waals surface area contributed by atoms with Crippen molar-refractivity contribution < 1.29 is 4.79 Å². The molecule has 3 aromatic rings. The molecule has 0 N–H and O–H groups in total. The summed E-state index contributed by atoms with van der Waals surface area (Å²) in [7, 11) is 0. The SMILES string of the molecule is CSc1cccc2sc(N3CCN(C(=O)c4ccc(Br)cc4)CC3)nc12. The van der Waals surface area contributed by atoms with Gasteiger partial charge in [-0.15, -0.1) is 11.8 Å². The number of thiazole rings is 1. The Morgan fingerprint density at radius 2 is 1.85 bits per heavy atom. The van der Waals surface area contributed by atoms with Gasteiger partial charge in [0.2, 0.25) is 0 Å². The van der Waals surface area contributed by atoms with Crippen LogP contribution in [0.3, 0.4) is 0 Å². The van der Waals surface area contributed by atoms with E-state index in [1.807, 2.05) is 29.2 Å². The number of halogens is 1. The smallest absolute Gasteiger partial charge is 0.253 e. The van der Waals surface area contributed by atoms with E-state index >= 15 is 0 Å². The number of carbonyl (C=O) groups is 1. The number of para-hydroxylation sites is 1. The van der Waals surface area contributed by atoms with Crippen LogP contribution in [0.15, 0.2) is 51.8 Å². The zero-order valence-electron chi connectivity index (χ0n) is 14.3. The molecule has 0 atom stereocenters. The first kappa shape index (κ1) is 17.8. The third-order valence-electron chi connectivity index (χ3n) is 4.52. The molecular weight excluding hydrogens is 430 g/mol. The molecule has 0 unspecified atom stereocenters. The first-order valence-electron chi connectivity index (χ1n) is 8.39. The van der Waals surface area contributed by atoms with Crippen LogP contribution in [0.5, 0.6) is 0 Å². The van der Waals surface area contributed by atoms with E-state index in [9.17, 15) is 4.79 Å². The molecule has 1 aliphatic rings. The van der Waals surface area contributed by atoms with Gasteiger partial charge in [0.15, 0.2) is 5.13 Å². The third-order valence-corrected chi connectivity index (χ3v) is 6.90. The minimum atomic E-state index is 0.103. The lowest BCUT2D eigenvalue weighted by molar-refractivity contribution is 0.0747. The summed E-state index contributed by atoms with van der Waals surface area (Å²) in [5, 5.41) is 1.05. The second kappa shape index (κ2) is 7.58. The number of fused-ring (bicyclic) bond motifs is 1. The second-order valence-electron chi connectivity index (χ2n) is 6.09. The van der Waals surface area contributed by atoms with Crippen molar-refractivity contribution in [2.45, 2.75) is 4.90 Å². The van der Waals surface area contributed by atoms with Crippen molar-refractivity contribution in [3.8, 4) is 0 Å². The molecule has 4 nitrogen and oxygen atoms in total. The van der Waals surface area contributed by atoms with Gasteiger partial charge in [-0.2, -0.15) is 0 Å². The van der Waals surface area contributed by atoms with E-state index in [1.54, 1.807) is 23.1 Å². The standard InChI is InChI=1S/C19H18BrN3OS2/c1-25-15-3-2-4-16-17(15)21-19(26-16)23-11-9-22(10-12-23)18(24)13-5-7-14(20)8-6-13/h2-8H,9-12H2,1H3. The molecule has 0 spiro atoms. The van der Waals surface area contributed by atoms with E-state index in [-0.39, 0.29) is 5.91 Å². The van der Waals surface area contributed by atoms with Crippen molar-refractivity contribution in [1.29, 1.82) is 0 Å². The highest BCUT2D eigenvalue weighted by molar-refractivity contribution is 9.10. The summed E-state index contributed by atoms with van der Waals surface area (Å²) in [5.41, 5.74) is 1.83. The number of rotatable bonds is 3. The average Bonchev–Trinajstić information content (AvgIpc) is 3.12. The number of hydrogen-bond donors (Lipinski definition) is 0. The molecule has 0 bridgehead atoms. The van der Waals surface area contributed by atoms with Crippen LogP contribution in [0, 0.1) is 0 Å². The van der Waals surface area contributed by atoms with Gasteiger partial charge in [0.1, 0.15) is 0 Å². The van der Waals surface area contributed by atoms with E-state index < -0.39 is 0 Å². The van der Waals surface area contributed by atoms with Gasteiger partial charge in [-0.25, -0.2) is 4.98 Å².